The van der Waals surface area contributed by atoms with Gasteiger partial charge in [-0.05, 0) is 41.8 Å². The highest BCUT2D eigenvalue weighted by Crippen LogP contribution is 2.37. The van der Waals surface area contributed by atoms with Gasteiger partial charge in [-0.25, -0.2) is 9.18 Å². The van der Waals surface area contributed by atoms with E-state index in [0.717, 1.165) is 11.1 Å². The minimum Gasteiger partial charge on any atom is -0.453 e. The van der Waals surface area contributed by atoms with Gasteiger partial charge in [0.15, 0.2) is 0 Å². The Morgan fingerprint density at radius 1 is 1.17 bits per heavy atom. The smallest absolute Gasteiger partial charge is 0.409 e. The predicted molar refractivity (Wildman–Crippen MR) is 116 cm³/mol. The number of piperidine rings is 1. The van der Waals surface area contributed by atoms with Crippen molar-refractivity contribution in [1.82, 2.24) is 20.0 Å². The molecule has 0 spiro atoms. The molecule has 2 amide bonds. The van der Waals surface area contributed by atoms with Crippen LogP contribution in [0.15, 0.2) is 46.9 Å². The second kappa shape index (κ2) is 9.05. The number of alkyl halides is 2. The average molecular weight is 486 g/mol. The van der Waals surface area contributed by atoms with E-state index >= 15 is 0 Å². The van der Waals surface area contributed by atoms with E-state index in [9.17, 15) is 22.8 Å². The molecule has 0 radical (unpaired) electrons. The Hall–Kier alpha value is -3.89. The van der Waals surface area contributed by atoms with Gasteiger partial charge in [0, 0.05) is 36.7 Å². The van der Waals surface area contributed by atoms with Crippen LogP contribution >= 0.6 is 0 Å². The summed E-state index contributed by atoms with van der Waals surface area (Å²) >= 11 is 0. The maximum absolute atomic E-state index is 13.5. The molecule has 1 fully saturated rings. The zero-order valence-corrected chi connectivity index (χ0v) is 18.7. The van der Waals surface area contributed by atoms with Crippen molar-refractivity contribution in [3.05, 3.63) is 70.9 Å². The highest BCUT2D eigenvalue weighted by Gasteiger charge is 2.42. The molecule has 182 valence electrons. The molecule has 0 aliphatic carbocycles. The molecule has 5 rings (SSSR count). The Kier molecular flexibility index (Phi) is 5.91. The van der Waals surface area contributed by atoms with Crippen LogP contribution < -0.4 is 0 Å². The lowest BCUT2D eigenvalue weighted by molar-refractivity contribution is 0.0475. The normalized spacial score (nSPS) is 19.9. The highest BCUT2D eigenvalue weighted by atomic mass is 19.3. The van der Waals surface area contributed by atoms with Gasteiger partial charge in [-0.15, -0.1) is 10.2 Å². The number of rotatable bonds is 4. The van der Waals surface area contributed by atoms with E-state index in [-0.39, 0.29) is 36.1 Å². The maximum Gasteiger partial charge on any atom is 0.409 e. The summed E-state index contributed by atoms with van der Waals surface area (Å²) in [6, 6.07) is 10.7. The van der Waals surface area contributed by atoms with E-state index in [1.165, 1.54) is 19.2 Å². The molecule has 0 unspecified atom stereocenters. The molecule has 11 heteroatoms. The van der Waals surface area contributed by atoms with Crippen molar-refractivity contribution in [2.24, 2.45) is 0 Å². The Bertz CT molecular complexity index is 1260. The number of likely N-dealkylation sites (tertiary alicyclic amines) is 1. The number of halogens is 3. The van der Waals surface area contributed by atoms with Crippen molar-refractivity contribution in [3.8, 4) is 11.5 Å². The van der Waals surface area contributed by atoms with Gasteiger partial charge in [-0.1, -0.05) is 18.2 Å². The van der Waals surface area contributed by atoms with Gasteiger partial charge in [-0.2, -0.15) is 8.78 Å². The third-order valence-electron chi connectivity index (χ3n) is 6.53. The summed E-state index contributed by atoms with van der Waals surface area (Å²) in [5.74, 6) is -1.64. The summed E-state index contributed by atoms with van der Waals surface area (Å²) in [7, 11) is 1.30. The monoisotopic (exact) mass is 486 g/mol. The zero-order valence-electron chi connectivity index (χ0n) is 18.7. The summed E-state index contributed by atoms with van der Waals surface area (Å²) in [5.41, 5.74) is 2.37. The summed E-state index contributed by atoms with van der Waals surface area (Å²) in [5, 5.41) is 6.99. The molecule has 2 aliphatic rings. The number of aromatic nitrogens is 2. The molecular formula is C24H21F3N4O4. The van der Waals surface area contributed by atoms with Crippen molar-refractivity contribution in [3.63, 3.8) is 0 Å². The number of benzene rings is 2. The van der Waals surface area contributed by atoms with Gasteiger partial charge < -0.3 is 19.0 Å². The number of nitrogens with zero attached hydrogens (tertiary/aromatic N) is 4. The van der Waals surface area contributed by atoms with Gasteiger partial charge in [0.2, 0.25) is 5.89 Å². The number of hydrogen-bond donors (Lipinski definition) is 0. The molecule has 0 N–H and O–H groups in total. The Morgan fingerprint density at radius 2 is 1.94 bits per heavy atom. The first kappa shape index (κ1) is 22.9. The predicted octanol–water partition coefficient (Wildman–Crippen LogP) is 4.39. The van der Waals surface area contributed by atoms with Crippen molar-refractivity contribution in [1.29, 1.82) is 0 Å². The van der Waals surface area contributed by atoms with Crippen LogP contribution in [-0.4, -0.2) is 58.2 Å². The van der Waals surface area contributed by atoms with E-state index in [1.807, 2.05) is 0 Å². The Labute approximate surface area is 198 Å². The summed E-state index contributed by atoms with van der Waals surface area (Å²) in [6.07, 6.45) is -2.81. The molecule has 35 heavy (non-hydrogen) atoms. The number of ether oxygens (including phenoxy) is 1. The van der Waals surface area contributed by atoms with Crippen LogP contribution in [0.3, 0.4) is 0 Å². The summed E-state index contributed by atoms with van der Waals surface area (Å²) in [4.78, 5) is 29.0. The molecule has 1 saturated heterocycles. The van der Waals surface area contributed by atoms with Crippen LogP contribution in [-0.2, 0) is 11.3 Å². The van der Waals surface area contributed by atoms with E-state index < -0.39 is 18.4 Å². The van der Waals surface area contributed by atoms with Crippen LogP contribution in [0.1, 0.15) is 46.1 Å². The van der Waals surface area contributed by atoms with E-state index in [1.54, 1.807) is 40.1 Å². The van der Waals surface area contributed by atoms with Crippen LogP contribution in [0.4, 0.5) is 18.0 Å². The first-order valence-electron chi connectivity index (χ1n) is 11.0. The molecule has 0 bridgehead atoms. The lowest BCUT2D eigenvalue weighted by Gasteiger charge is -2.42. The second-order valence-corrected chi connectivity index (χ2v) is 8.48. The van der Waals surface area contributed by atoms with E-state index in [0.29, 0.717) is 30.6 Å². The lowest BCUT2D eigenvalue weighted by atomic mass is 9.84. The fourth-order valence-electron chi connectivity index (χ4n) is 4.80. The first-order chi connectivity index (χ1) is 16.9. The first-order valence-corrected chi connectivity index (χ1v) is 11.0. The highest BCUT2D eigenvalue weighted by molar-refractivity contribution is 5.99. The molecule has 2 aliphatic heterocycles. The standard InChI is InChI=1S/C24H21F3N4O4/c1-34-24(33)30-9-8-17(13-4-6-16(25)7-5-13)19(12-30)31-11-15-3-2-14(10-18(15)23(31)32)21-28-29-22(35-21)20(26)27/h2-7,10,17,19-20H,8-9,11-12H2,1H3/t17-,19+/m0/s1. The number of carbonyl (C=O) groups is 2. The van der Waals surface area contributed by atoms with Crippen molar-refractivity contribution in [2.45, 2.75) is 31.4 Å². The summed E-state index contributed by atoms with van der Waals surface area (Å²) in [6.45, 7) is 0.995. The molecular weight excluding hydrogens is 465 g/mol. The number of fused-ring (bicyclic) bond motifs is 1. The topological polar surface area (TPSA) is 88.8 Å². The van der Waals surface area contributed by atoms with Crippen LogP contribution in [0.5, 0.6) is 0 Å². The van der Waals surface area contributed by atoms with Crippen LogP contribution in [0.25, 0.3) is 11.5 Å². The van der Waals surface area contributed by atoms with Crippen molar-refractivity contribution < 1.29 is 31.9 Å². The largest absolute Gasteiger partial charge is 0.453 e. The van der Waals surface area contributed by atoms with E-state index in [4.69, 9.17) is 9.15 Å². The Morgan fingerprint density at radius 3 is 2.63 bits per heavy atom. The average Bonchev–Trinajstić information content (AvgIpc) is 3.49. The van der Waals surface area contributed by atoms with Gasteiger partial charge in [-0.3, -0.25) is 4.79 Å². The van der Waals surface area contributed by atoms with Crippen molar-refractivity contribution >= 4 is 12.0 Å². The van der Waals surface area contributed by atoms with Gasteiger partial charge in [0.05, 0.1) is 13.2 Å². The number of methoxy groups -OCH3 is 1. The number of hydrogen-bond acceptors (Lipinski definition) is 6. The summed E-state index contributed by atoms with van der Waals surface area (Å²) < 4.78 is 49.1. The minimum atomic E-state index is -2.89. The maximum atomic E-state index is 13.5. The zero-order chi connectivity index (χ0) is 24.7. The van der Waals surface area contributed by atoms with Gasteiger partial charge in [0.1, 0.15) is 5.82 Å². The Balaban J connectivity index is 1.45. The third kappa shape index (κ3) is 4.22. The fourth-order valence-corrected chi connectivity index (χ4v) is 4.80. The molecule has 2 atom stereocenters. The SMILES string of the molecule is COC(=O)N1CC[C@@H](c2ccc(F)cc2)[C@H](N2Cc3ccc(-c4nnc(C(F)F)o4)cc3C2=O)C1. The molecule has 2 aromatic carbocycles. The fraction of sp³-hybridized carbons (Fsp3) is 0.333. The lowest BCUT2D eigenvalue weighted by Crippen LogP contribution is -2.53. The van der Waals surface area contributed by atoms with Gasteiger partial charge in [0.25, 0.3) is 11.8 Å². The number of carbonyl (C=O) groups excluding carboxylic acids is 2. The third-order valence-corrected chi connectivity index (χ3v) is 6.53. The molecule has 3 heterocycles. The van der Waals surface area contributed by atoms with Crippen LogP contribution in [0.2, 0.25) is 0 Å². The molecule has 0 saturated carbocycles. The number of amides is 2. The molecule has 8 nitrogen and oxygen atoms in total. The van der Waals surface area contributed by atoms with Gasteiger partial charge >= 0.3 is 12.5 Å². The second-order valence-electron chi connectivity index (χ2n) is 8.48. The van der Waals surface area contributed by atoms with Crippen LogP contribution in [0, 0.1) is 5.82 Å². The van der Waals surface area contributed by atoms with E-state index in [2.05, 4.69) is 10.2 Å². The van der Waals surface area contributed by atoms with Crippen molar-refractivity contribution in [2.75, 3.05) is 20.2 Å². The minimum absolute atomic E-state index is 0.104. The quantitative estimate of drug-likeness (QED) is 0.544. The molecule has 1 aromatic heterocycles. The molecule has 3 aromatic rings.